The zero-order valence-corrected chi connectivity index (χ0v) is 18.4. The maximum Gasteiger partial charge on any atom is 0.311 e. The summed E-state index contributed by atoms with van der Waals surface area (Å²) in [5, 5.41) is 21.3. The molecule has 33 heavy (non-hydrogen) atoms. The lowest BCUT2D eigenvalue weighted by molar-refractivity contribution is -0.385. The van der Waals surface area contributed by atoms with Gasteiger partial charge in [-0.15, -0.1) is 0 Å². The van der Waals surface area contributed by atoms with Gasteiger partial charge in [0.1, 0.15) is 5.75 Å². The lowest BCUT2D eigenvalue weighted by Gasteiger charge is -2.16. The summed E-state index contributed by atoms with van der Waals surface area (Å²) < 4.78 is 5.20. The van der Waals surface area contributed by atoms with Gasteiger partial charge in [0.25, 0.3) is 5.91 Å². The third kappa shape index (κ3) is 5.04. The molecule has 1 heterocycles. The number of rotatable bonds is 6. The van der Waals surface area contributed by atoms with Gasteiger partial charge in [-0.2, -0.15) is 0 Å². The van der Waals surface area contributed by atoms with E-state index in [0.29, 0.717) is 33.6 Å². The van der Waals surface area contributed by atoms with Crippen LogP contribution in [-0.2, 0) is 11.3 Å². The monoisotopic (exact) mass is 461 g/mol. The number of hydrogen-bond acceptors (Lipinski definition) is 7. The molecule has 0 radical (unpaired) electrons. The number of hydrogen-bond donors (Lipinski definition) is 1. The number of carbonyl (C=O) groups excluding carboxylic acids is 1. The lowest BCUT2D eigenvalue weighted by Crippen LogP contribution is -2.28. The summed E-state index contributed by atoms with van der Waals surface area (Å²) in [6.07, 6.45) is 1.56. The number of ether oxygens (including phenoxy) is 1. The van der Waals surface area contributed by atoms with Crippen LogP contribution in [0.2, 0.25) is 0 Å². The Morgan fingerprint density at radius 1 is 1.12 bits per heavy atom. The standard InChI is InChI=1S/C24H19N3O5S/c1-32-19-10-7-16(8-11-19)15-26-23(29)22(33-24(26)25-18-5-3-2-4-6-18)14-17-9-12-21(28)20(13-17)27(30)31/h2-14,28H,15H2,1H3/b22-14-,25-24?. The number of carbonyl (C=O) groups is 1. The summed E-state index contributed by atoms with van der Waals surface area (Å²) in [6.45, 7) is 0.300. The van der Waals surface area contributed by atoms with Gasteiger partial charge in [-0.25, -0.2) is 4.99 Å². The molecule has 0 aromatic heterocycles. The van der Waals surface area contributed by atoms with Gasteiger partial charge in [0.05, 0.1) is 29.2 Å². The average molecular weight is 461 g/mol. The first-order valence-corrected chi connectivity index (χ1v) is 10.7. The molecule has 0 bridgehead atoms. The van der Waals surface area contributed by atoms with E-state index in [0.717, 1.165) is 5.56 Å². The van der Waals surface area contributed by atoms with Crippen molar-refractivity contribution in [3.8, 4) is 11.5 Å². The van der Waals surface area contributed by atoms with Crippen molar-refractivity contribution >= 4 is 40.3 Å². The number of nitro benzene ring substituents is 1. The van der Waals surface area contributed by atoms with Crippen LogP contribution in [0.4, 0.5) is 11.4 Å². The minimum Gasteiger partial charge on any atom is -0.502 e. The highest BCUT2D eigenvalue weighted by molar-refractivity contribution is 8.18. The molecular formula is C24H19N3O5S. The fourth-order valence-electron chi connectivity index (χ4n) is 3.19. The molecule has 1 fully saturated rings. The molecule has 9 heteroatoms. The van der Waals surface area contributed by atoms with Gasteiger partial charge in [-0.1, -0.05) is 36.4 Å². The van der Waals surface area contributed by atoms with E-state index in [4.69, 9.17) is 4.74 Å². The molecule has 166 valence electrons. The van der Waals surface area contributed by atoms with Gasteiger partial charge in [0, 0.05) is 6.07 Å². The molecular weight excluding hydrogens is 442 g/mol. The second kappa shape index (κ2) is 9.58. The second-order valence-corrected chi connectivity index (χ2v) is 8.09. The minimum atomic E-state index is -0.667. The average Bonchev–Trinajstić information content (AvgIpc) is 3.10. The summed E-state index contributed by atoms with van der Waals surface area (Å²) in [5.74, 6) is 0.0230. The Kier molecular flexibility index (Phi) is 6.41. The molecule has 1 N–H and O–H groups in total. The molecule has 0 aliphatic carbocycles. The zero-order chi connectivity index (χ0) is 23.4. The van der Waals surface area contributed by atoms with Crippen LogP contribution < -0.4 is 4.74 Å². The van der Waals surface area contributed by atoms with E-state index >= 15 is 0 Å². The van der Waals surface area contributed by atoms with Crippen LogP contribution in [0.25, 0.3) is 6.08 Å². The van der Waals surface area contributed by atoms with E-state index in [1.807, 2.05) is 54.6 Å². The number of para-hydroxylation sites is 1. The number of amidine groups is 1. The van der Waals surface area contributed by atoms with Crippen LogP contribution >= 0.6 is 11.8 Å². The van der Waals surface area contributed by atoms with Crippen molar-refractivity contribution in [2.24, 2.45) is 4.99 Å². The number of nitrogens with zero attached hydrogens (tertiary/aromatic N) is 3. The Morgan fingerprint density at radius 3 is 2.52 bits per heavy atom. The van der Waals surface area contributed by atoms with E-state index in [2.05, 4.69) is 4.99 Å². The van der Waals surface area contributed by atoms with Crippen LogP contribution in [0.5, 0.6) is 11.5 Å². The molecule has 0 unspecified atom stereocenters. The van der Waals surface area contributed by atoms with Crippen LogP contribution in [0, 0.1) is 10.1 Å². The molecule has 3 aromatic rings. The predicted octanol–water partition coefficient (Wildman–Crippen LogP) is 5.11. The first-order valence-electron chi connectivity index (χ1n) is 9.90. The highest BCUT2D eigenvalue weighted by atomic mass is 32.2. The van der Waals surface area contributed by atoms with Crippen molar-refractivity contribution in [3.63, 3.8) is 0 Å². The van der Waals surface area contributed by atoms with Gasteiger partial charge < -0.3 is 9.84 Å². The zero-order valence-electron chi connectivity index (χ0n) is 17.5. The van der Waals surface area contributed by atoms with Crippen molar-refractivity contribution in [1.82, 2.24) is 4.90 Å². The number of benzene rings is 3. The normalized spacial score (nSPS) is 15.9. The van der Waals surface area contributed by atoms with Gasteiger partial charge >= 0.3 is 5.69 Å². The Hall–Kier alpha value is -4.11. The fraction of sp³-hybridized carbons (Fsp3) is 0.0833. The molecule has 1 amide bonds. The number of aromatic hydroxyl groups is 1. The summed E-state index contributed by atoms with van der Waals surface area (Å²) in [5.41, 5.74) is 1.61. The third-order valence-electron chi connectivity index (χ3n) is 4.86. The highest BCUT2D eigenvalue weighted by Gasteiger charge is 2.33. The van der Waals surface area contributed by atoms with Gasteiger partial charge in [-0.3, -0.25) is 19.8 Å². The summed E-state index contributed by atoms with van der Waals surface area (Å²) in [7, 11) is 1.59. The quantitative estimate of drug-likeness (QED) is 0.311. The number of nitro groups is 1. The van der Waals surface area contributed by atoms with Gasteiger partial charge in [0.15, 0.2) is 10.9 Å². The Bertz CT molecular complexity index is 1260. The first kappa shape index (κ1) is 22.1. The van der Waals surface area contributed by atoms with Gasteiger partial charge in [-0.05, 0) is 59.3 Å². The molecule has 1 aliphatic heterocycles. The van der Waals surface area contributed by atoms with E-state index in [1.165, 1.54) is 30.0 Å². The van der Waals surface area contributed by atoms with E-state index in [1.54, 1.807) is 18.1 Å². The largest absolute Gasteiger partial charge is 0.502 e. The van der Waals surface area contributed by atoms with Crippen molar-refractivity contribution in [2.75, 3.05) is 7.11 Å². The molecule has 4 rings (SSSR count). The Balaban J connectivity index is 1.69. The summed E-state index contributed by atoms with van der Waals surface area (Å²) in [4.78, 5) is 30.3. The lowest BCUT2D eigenvalue weighted by atomic mass is 10.1. The number of phenolic OH excluding ortho intramolecular Hbond substituents is 1. The Labute approximate surface area is 194 Å². The number of aliphatic imine (C=N–C) groups is 1. The van der Waals surface area contributed by atoms with Crippen molar-refractivity contribution in [1.29, 1.82) is 0 Å². The summed E-state index contributed by atoms with van der Waals surface area (Å²) >= 11 is 1.19. The molecule has 1 saturated heterocycles. The molecule has 0 spiro atoms. The van der Waals surface area contributed by atoms with Crippen LogP contribution in [0.15, 0.2) is 82.7 Å². The third-order valence-corrected chi connectivity index (χ3v) is 5.87. The molecule has 1 aliphatic rings. The number of methoxy groups -OCH3 is 1. The van der Waals surface area contributed by atoms with Crippen LogP contribution in [0.3, 0.4) is 0 Å². The minimum absolute atomic E-state index is 0.263. The van der Waals surface area contributed by atoms with Crippen molar-refractivity contribution < 1.29 is 19.6 Å². The van der Waals surface area contributed by atoms with Crippen LogP contribution in [-0.4, -0.2) is 33.1 Å². The smallest absolute Gasteiger partial charge is 0.311 e. The number of thioether (sulfide) groups is 1. The summed E-state index contributed by atoms with van der Waals surface area (Å²) in [6, 6.07) is 20.7. The maximum absolute atomic E-state index is 13.3. The maximum atomic E-state index is 13.3. The van der Waals surface area contributed by atoms with E-state index in [9.17, 15) is 20.0 Å². The molecule has 3 aromatic carbocycles. The number of phenols is 1. The second-order valence-electron chi connectivity index (χ2n) is 7.09. The predicted molar refractivity (Wildman–Crippen MR) is 127 cm³/mol. The van der Waals surface area contributed by atoms with Crippen LogP contribution in [0.1, 0.15) is 11.1 Å². The van der Waals surface area contributed by atoms with Gasteiger partial charge in [0.2, 0.25) is 0 Å². The molecule has 0 saturated carbocycles. The number of amides is 1. The SMILES string of the molecule is COc1ccc(CN2C(=O)/C(=C/c3ccc(O)c([N+](=O)[O-])c3)SC2=Nc2ccccc2)cc1. The Morgan fingerprint density at radius 2 is 1.85 bits per heavy atom. The molecule has 0 atom stereocenters. The van der Waals surface area contributed by atoms with E-state index < -0.39 is 16.4 Å². The highest BCUT2D eigenvalue weighted by Crippen LogP contribution is 2.36. The van der Waals surface area contributed by atoms with Crippen molar-refractivity contribution in [2.45, 2.75) is 6.54 Å². The fourth-order valence-corrected chi connectivity index (χ4v) is 4.18. The van der Waals surface area contributed by atoms with Crippen molar-refractivity contribution in [3.05, 3.63) is 98.9 Å². The molecule has 8 nitrogen and oxygen atoms in total. The van der Waals surface area contributed by atoms with E-state index in [-0.39, 0.29) is 5.91 Å². The topological polar surface area (TPSA) is 105 Å². The first-order chi connectivity index (χ1) is 15.9.